The van der Waals surface area contributed by atoms with Crippen LogP contribution in [0.2, 0.25) is 0 Å². The Labute approximate surface area is 117 Å². The van der Waals surface area contributed by atoms with Gasteiger partial charge in [-0.15, -0.1) is 0 Å². The SMILES string of the molecule is CC(=O)N1CCN(Cc2nc3ccc(N)cc3[nH]2)CC1. The monoisotopic (exact) mass is 273 g/mol. The van der Waals surface area contributed by atoms with Crippen molar-refractivity contribution in [3.63, 3.8) is 0 Å². The lowest BCUT2D eigenvalue weighted by Gasteiger charge is -2.33. The molecule has 0 unspecified atom stereocenters. The van der Waals surface area contributed by atoms with E-state index in [0.29, 0.717) is 0 Å². The number of aromatic amines is 1. The first-order valence-corrected chi connectivity index (χ1v) is 6.84. The molecule has 0 aliphatic carbocycles. The first-order valence-electron chi connectivity index (χ1n) is 6.84. The molecule has 106 valence electrons. The first-order chi connectivity index (χ1) is 9.61. The number of carbonyl (C=O) groups excluding carboxylic acids is 1. The molecule has 0 spiro atoms. The van der Waals surface area contributed by atoms with Crippen LogP contribution in [0.25, 0.3) is 11.0 Å². The van der Waals surface area contributed by atoms with Gasteiger partial charge in [-0.05, 0) is 18.2 Å². The third-order valence-corrected chi connectivity index (χ3v) is 3.75. The van der Waals surface area contributed by atoms with Crippen LogP contribution in [-0.4, -0.2) is 51.9 Å². The molecule has 3 rings (SSSR count). The fourth-order valence-electron chi connectivity index (χ4n) is 2.59. The molecule has 6 heteroatoms. The van der Waals surface area contributed by atoms with Gasteiger partial charge in [-0.3, -0.25) is 9.69 Å². The molecule has 2 heterocycles. The standard InChI is InChI=1S/C14H19N5O/c1-10(20)19-6-4-18(5-7-19)9-14-16-12-3-2-11(15)8-13(12)17-14/h2-3,8H,4-7,9,15H2,1H3,(H,16,17). The quantitative estimate of drug-likeness (QED) is 0.794. The second-order valence-corrected chi connectivity index (χ2v) is 5.24. The van der Waals surface area contributed by atoms with Crippen molar-refractivity contribution in [1.82, 2.24) is 19.8 Å². The molecule has 0 atom stereocenters. The van der Waals surface area contributed by atoms with Crippen LogP contribution in [0, 0.1) is 0 Å². The van der Waals surface area contributed by atoms with Crippen LogP contribution in [0.5, 0.6) is 0 Å². The number of hydrogen-bond acceptors (Lipinski definition) is 4. The van der Waals surface area contributed by atoms with Crippen molar-refractivity contribution in [2.45, 2.75) is 13.5 Å². The van der Waals surface area contributed by atoms with E-state index in [9.17, 15) is 4.79 Å². The minimum Gasteiger partial charge on any atom is -0.399 e. The lowest BCUT2D eigenvalue weighted by atomic mass is 10.3. The summed E-state index contributed by atoms with van der Waals surface area (Å²) in [7, 11) is 0. The normalized spacial score (nSPS) is 16.8. The summed E-state index contributed by atoms with van der Waals surface area (Å²) in [5, 5.41) is 0. The number of fused-ring (bicyclic) bond motifs is 1. The van der Waals surface area contributed by atoms with E-state index in [1.165, 1.54) is 0 Å². The number of nitrogens with two attached hydrogens (primary N) is 1. The minimum absolute atomic E-state index is 0.156. The van der Waals surface area contributed by atoms with Gasteiger partial charge in [0.15, 0.2) is 0 Å². The van der Waals surface area contributed by atoms with Gasteiger partial charge in [0.05, 0.1) is 17.6 Å². The van der Waals surface area contributed by atoms with Crippen LogP contribution in [0.4, 0.5) is 5.69 Å². The van der Waals surface area contributed by atoms with Crippen LogP contribution < -0.4 is 5.73 Å². The molecule has 0 bridgehead atoms. The van der Waals surface area contributed by atoms with Crippen molar-refractivity contribution in [3.05, 3.63) is 24.0 Å². The minimum atomic E-state index is 0.156. The van der Waals surface area contributed by atoms with Crippen LogP contribution in [0.3, 0.4) is 0 Å². The Morgan fingerprint density at radius 1 is 1.35 bits per heavy atom. The van der Waals surface area contributed by atoms with E-state index in [-0.39, 0.29) is 5.91 Å². The average Bonchev–Trinajstić information content (AvgIpc) is 2.80. The van der Waals surface area contributed by atoms with Gasteiger partial charge >= 0.3 is 0 Å². The molecule has 3 N–H and O–H groups in total. The Hall–Kier alpha value is -2.08. The van der Waals surface area contributed by atoms with E-state index in [1.54, 1.807) is 6.92 Å². The molecule has 1 aliphatic rings. The molecule has 1 aromatic carbocycles. The molecule has 20 heavy (non-hydrogen) atoms. The Bertz CT molecular complexity index is 628. The number of nitrogens with one attached hydrogen (secondary N) is 1. The number of benzene rings is 1. The van der Waals surface area contributed by atoms with Crippen molar-refractivity contribution < 1.29 is 4.79 Å². The Morgan fingerprint density at radius 2 is 2.10 bits per heavy atom. The third kappa shape index (κ3) is 2.60. The highest BCUT2D eigenvalue weighted by atomic mass is 16.2. The van der Waals surface area contributed by atoms with Crippen molar-refractivity contribution >= 4 is 22.6 Å². The van der Waals surface area contributed by atoms with E-state index in [2.05, 4.69) is 14.9 Å². The summed E-state index contributed by atoms with van der Waals surface area (Å²) in [4.78, 5) is 23.4. The molecule has 1 aliphatic heterocycles. The van der Waals surface area contributed by atoms with E-state index >= 15 is 0 Å². The van der Waals surface area contributed by atoms with Gasteiger partial charge in [0.2, 0.25) is 5.91 Å². The number of aromatic nitrogens is 2. The maximum Gasteiger partial charge on any atom is 0.219 e. The van der Waals surface area contributed by atoms with Gasteiger partial charge in [0, 0.05) is 38.8 Å². The zero-order valence-electron chi connectivity index (χ0n) is 11.6. The predicted octanol–water partition coefficient (Wildman–Crippen LogP) is 0.809. The zero-order chi connectivity index (χ0) is 14.1. The van der Waals surface area contributed by atoms with E-state index in [4.69, 9.17) is 5.73 Å². The highest BCUT2D eigenvalue weighted by Crippen LogP contribution is 2.16. The van der Waals surface area contributed by atoms with Crippen molar-refractivity contribution in [1.29, 1.82) is 0 Å². The number of amides is 1. The van der Waals surface area contributed by atoms with Gasteiger partial charge in [0.1, 0.15) is 5.82 Å². The fourth-order valence-corrected chi connectivity index (χ4v) is 2.59. The molecular weight excluding hydrogens is 254 g/mol. The third-order valence-electron chi connectivity index (χ3n) is 3.75. The topological polar surface area (TPSA) is 78.2 Å². The zero-order valence-corrected chi connectivity index (χ0v) is 11.6. The van der Waals surface area contributed by atoms with Gasteiger partial charge in [-0.1, -0.05) is 0 Å². The highest BCUT2D eigenvalue weighted by molar-refractivity contribution is 5.78. The molecule has 0 saturated carbocycles. The summed E-state index contributed by atoms with van der Waals surface area (Å²) < 4.78 is 0. The summed E-state index contributed by atoms with van der Waals surface area (Å²) in [5.74, 6) is 1.10. The number of rotatable bonds is 2. The van der Waals surface area contributed by atoms with Crippen LogP contribution in [-0.2, 0) is 11.3 Å². The molecule has 0 radical (unpaired) electrons. The molecule has 1 amide bonds. The second-order valence-electron chi connectivity index (χ2n) is 5.24. The second kappa shape index (κ2) is 5.13. The molecule has 1 aromatic heterocycles. The summed E-state index contributed by atoms with van der Waals surface area (Å²) in [6.45, 7) is 5.77. The number of H-pyrrole nitrogens is 1. The highest BCUT2D eigenvalue weighted by Gasteiger charge is 2.19. The fraction of sp³-hybridized carbons (Fsp3) is 0.429. The summed E-state index contributed by atoms with van der Waals surface area (Å²) in [6.07, 6.45) is 0. The number of nitrogen functional groups attached to an aromatic ring is 1. The van der Waals surface area contributed by atoms with Gasteiger partial charge in [-0.2, -0.15) is 0 Å². The molecular formula is C14H19N5O. The van der Waals surface area contributed by atoms with Crippen molar-refractivity contribution in [2.75, 3.05) is 31.9 Å². The predicted molar refractivity (Wildman–Crippen MR) is 78.0 cm³/mol. The number of anilines is 1. The van der Waals surface area contributed by atoms with Crippen molar-refractivity contribution in [2.24, 2.45) is 0 Å². The lowest BCUT2D eigenvalue weighted by molar-refractivity contribution is -0.130. The number of hydrogen-bond donors (Lipinski definition) is 2. The van der Waals surface area contributed by atoms with Gasteiger partial charge < -0.3 is 15.6 Å². The molecule has 6 nitrogen and oxygen atoms in total. The Kier molecular flexibility index (Phi) is 3.31. The molecule has 1 fully saturated rings. The maximum atomic E-state index is 11.3. The van der Waals surface area contributed by atoms with Gasteiger partial charge in [-0.25, -0.2) is 4.98 Å². The number of carbonyl (C=O) groups is 1. The number of piperazine rings is 1. The molecule has 2 aromatic rings. The maximum absolute atomic E-state index is 11.3. The Balaban J connectivity index is 1.66. The van der Waals surface area contributed by atoms with Crippen LogP contribution in [0.1, 0.15) is 12.7 Å². The average molecular weight is 273 g/mol. The van der Waals surface area contributed by atoms with Crippen LogP contribution >= 0.6 is 0 Å². The number of nitrogens with zero attached hydrogens (tertiary/aromatic N) is 3. The summed E-state index contributed by atoms with van der Waals surface area (Å²) in [6, 6.07) is 5.69. The van der Waals surface area contributed by atoms with Gasteiger partial charge in [0.25, 0.3) is 0 Å². The number of imidazole rings is 1. The summed E-state index contributed by atoms with van der Waals surface area (Å²) >= 11 is 0. The first kappa shape index (κ1) is 12.9. The van der Waals surface area contributed by atoms with E-state index in [0.717, 1.165) is 55.3 Å². The summed E-state index contributed by atoms with van der Waals surface area (Å²) in [5.41, 5.74) is 8.42. The Morgan fingerprint density at radius 3 is 2.80 bits per heavy atom. The lowest BCUT2D eigenvalue weighted by Crippen LogP contribution is -2.47. The van der Waals surface area contributed by atoms with E-state index < -0.39 is 0 Å². The van der Waals surface area contributed by atoms with Crippen molar-refractivity contribution in [3.8, 4) is 0 Å². The van der Waals surface area contributed by atoms with E-state index in [1.807, 2.05) is 23.1 Å². The smallest absolute Gasteiger partial charge is 0.219 e. The van der Waals surface area contributed by atoms with Crippen LogP contribution in [0.15, 0.2) is 18.2 Å². The molecule has 1 saturated heterocycles. The largest absolute Gasteiger partial charge is 0.399 e.